The second kappa shape index (κ2) is 5.12. The summed E-state index contributed by atoms with van der Waals surface area (Å²) in [5, 5.41) is 0.715. The quantitative estimate of drug-likeness (QED) is 0.531. The van der Waals surface area contributed by atoms with E-state index in [1.54, 1.807) is 21.8 Å². The Bertz CT molecular complexity index is 847. The molecule has 3 aromatic rings. The summed E-state index contributed by atoms with van der Waals surface area (Å²) >= 11 is -0.155. The van der Waals surface area contributed by atoms with Crippen LogP contribution in [0.15, 0.2) is 53.3 Å². The van der Waals surface area contributed by atoms with E-state index in [1.807, 2.05) is 30.3 Å². The van der Waals surface area contributed by atoms with Crippen LogP contribution in [0.1, 0.15) is 10.4 Å². The summed E-state index contributed by atoms with van der Waals surface area (Å²) in [6.07, 6.45) is 0. The van der Waals surface area contributed by atoms with Gasteiger partial charge in [0.05, 0.1) is 0 Å². The molecule has 0 fully saturated rings. The average Bonchev–Trinajstić information content (AvgIpc) is 2.84. The van der Waals surface area contributed by atoms with E-state index in [2.05, 4.69) is 0 Å². The number of carbonyl (C=O) groups excluding carboxylic acids is 1. The van der Waals surface area contributed by atoms with Crippen molar-refractivity contribution in [3.8, 4) is 5.69 Å². The van der Waals surface area contributed by atoms with Gasteiger partial charge in [0.1, 0.15) is 0 Å². The fourth-order valence-electron chi connectivity index (χ4n) is 2.06. The molecule has 0 saturated carbocycles. The van der Waals surface area contributed by atoms with E-state index in [-0.39, 0.29) is 20.3 Å². The van der Waals surface area contributed by atoms with Gasteiger partial charge in [-0.25, -0.2) is 0 Å². The third-order valence-corrected chi connectivity index (χ3v) is 5.32. The van der Waals surface area contributed by atoms with Crippen molar-refractivity contribution >= 4 is 30.3 Å². The minimum atomic E-state index is -0.430. The van der Waals surface area contributed by atoms with E-state index in [1.165, 1.54) is 7.11 Å². The number of hydrogen-bond donors (Lipinski definition) is 0. The van der Waals surface area contributed by atoms with Gasteiger partial charge in [-0.05, 0) is 0 Å². The number of hydrogen-bond acceptors (Lipinski definition) is 3. The molecule has 100 valence electrons. The number of fused-ring (bicyclic) bond motifs is 1. The fourth-order valence-corrected chi connectivity index (χ4v) is 4.22. The van der Waals surface area contributed by atoms with Crippen LogP contribution < -0.4 is 5.56 Å². The van der Waals surface area contributed by atoms with Crippen LogP contribution in [0.3, 0.4) is 0 Å². The second-order valence-corrected chi connectivity index (χ2v) is 6.27. The first kappa shape index (κ1) is 12.9. The van der Waals surface area contributed by atoms with Gasteiger partial charge in [0.2, 0.25) is 0 Å². The number of para-hydroxylation sites is 1. The number of methoxy groups -OCH3 is 1. The Hall–Kier alpha value is -2.10. The van der Waals surface area contributed by atoms with Crippen LogP contribution in [0.25, 0.3) is 15.3 Å². The normalized spacial score (nSPS) is 10.7. The van der Waals surface area contributed by atoms with Gasteiger partial charge >= 0.3 is 121 Å². The minimum absolute atomic E-state index is 0.0584. The molecule has 0 unspecified atom stereocenters. The van der Waals surface area contributed by atoms with Crippen molar-refractivity contribution < 1.29 is 9.53 Å². The molecule has 0 radical (unpaired) electrons. The van der Waals surface area contributed by atoms with Crippen LogP contribution in [0.4, 0.5) is 0 Å². The van der Waals surface area contributed by atoms with Gasteiger partial charge in [0.15, 0.2) is 0 Å². The number of aromatic nitrogens is 1. The molecular formula is C15H11NO3Se. The number of carbonyl (C=O) groups is 1. The zero-order valence-corrected chi connectivity index (χ0v) is 12.4. The van der Waals surface area contributed by atoms with Gasteiger partial charge in [-0.2, -0.15) is 0 Å². The molecule has 0 saturated heterocycles. The summed E-state index contributed by atoms with van der Waals surface area (Å²) in [4.78, 5) is 24.3. The second-order valence-electron chi connectivity index (χ2n) is 4.20. The van der Waals surface area contributed by atoms with Crippen molar-refractivity contribution in [3.63, 3.8) is 0 Å². The topological polar surface area (TPSA) is 48.3 Å². The Morgan fingerprint density at radius 2 is 1.80 bits per heavy atom. The summed E-state index contributed by atoms with van der Waals surface area (Å²) in [7, 11) is 1.34. The van der Waals surface area contributed by atoms with Crippen molar-refractivity contribution in [1.29, 1.82) is 0 Å². The first-order chi connectivity index (χ1) is 9.72. The summed E-state index contributed by atoms with van der Waals surface area (Å²) in [6, 6.07) is 14.6. The van der Waals surface area contributed by atoms with Crippen LogP contribution in [0, 0.1) is 0 Å². The van der Waals surface area contributed by atoms with Gasteiger partial charge in [0, 0.05) is 0 Å². The van der Waals surface area contributed by atoms with Gasteiger partial charge in [0.25, 0.3) is 0 Å². The first-order valence-electron chi connectivity index (χ1n) is 6.01. The number of rotatable bonds is 2. The first-order valence-corrected chi connectivity index (χ1v) is 7.63. The Morgan fingerprint density at radius 1 is 1.10 bits per heavy atom. The average molecular weight is 332 g/mol. The van der Waals surface area contributed by atoms with Crippen LogP contribution in [0.2, 0.25) is 0 Å². The third-order valence-electron chi connectivity index (χ3n) is 3.02. The van der Waals surface area contributed by atoms with E-state index in [9.17, 15) is 9.59 Å². The summed E-state index contributed by atoms with van der Waals surface area (Å²) in [6.45, 7) is 0. The Morgan fingerprint density at radius 3 is 2.55 bits per heavy atom. The summed E-state index contributed by atoms with van der Waals surface area (Å²) < 4.78 is 7.48. The molecule has 5 heteroatoms. The molecule has 0 aliphatic carbocycles. The van der Waals surface area contributed by atoms with Crippen molar-refractivity contribution in [2.24, 2.45) is 0 Å². The third kappa shape index (κ3) is 2.01. The standard InChI is InChI=1S/C15H11NO3Se/c1-19-15(18)10-6-2-4-8-12(10)16-14(17)11-7-3-5-9-13(11)20-16/h2-9H,1H3. The van der Waals surface area contributed by atoms with E-state index < -0.39 is 5.97 Å². The maximum absolute atomic E-state index is 12.4. The van der Waals surface area contributed by atoms with Crippen LogP contribution in [-0.4, -0.2) is 31.4 Å². The van der Waals surface area contributed by atoms with Crippen LogP contribution >= 0.6 is 0 Å². The molecule has 0 aliphatic rings. The van der Waals surface area contributed by atoms with Gasteiger partial charge in [-0.15, -0.1) is 0 Å². The van der Waals surface area contributed by atoms with Crippen molar-refractivity contribution in [1.82, 2.24) is 3.56 Å². The van der Waals surface area contributed by atoms with Gasteiger partial charge in [-0.1, -0.05) is 0 Å². The van der Waals surface area contributed by atoms with E-state index >= 15 is 0 Å². The number of ether oxygens (including phenoxy) is 1. The number of nitrogens with zero attached hydrogens (tertiary/aromatic N) is 1. The monoisotopic (exact) mass is 333 g/mol. The molecular weight excluding hydrogens is 321 g/mol. The van der Waals surface area contributed by atoms with Crippen molar-refractivity contribution in [3.05, 3.63) is 64.4 Å². The molecule has 0 bridgehead atoms. The van der Waals surface area contributed by atoms with E-state index in [4.69, 9.17) is 4.74 Å². The Labute approximate surface area is 121 Å². The number of esters is 1. The molecule has 3 rings (SSSR count). The molecule has 1 aromatic heterocycles. The predicted molar refractivity (Wildman–Crippen MR) is 77.8 cm³/mol. The molecule has 0 amide bonds. The molecule has 0 atom stereocenters. The zero-order valence-electron chi connectivity index (χ0n) is 10.7. The van der Waals surface area contributed by atoms with Crippen molar-refractivity contribution in [2.45, 2.75) is 0 Å². The maximum atomic E-state index is 12.4. The van der Waals surface area contributed by atoms with Crippen LogP contribution in [0.5, 0.6) is 0 Å². The van der Waals surface area contributed by atoms with Gasteiger partial charge in [-0.3, -0.25) is 0 Å². The molecule has 1 heterocycles. The van der Waals surface area contributed by atoms with Crippen molar-refractivity contribution in [2.75, 3.05) is 7.11 Å². The van der Waals surface area contributed by atoms with E-state index in [0.717, 1.165) is 4.26 Å². The predicted octanol–water partition coefficient (Wildman–Crippen LogP) is 1.83. The van der Waals surface area contributed by atoms with Gasteiger partial charge < -0.3 is 0 Å². The SMILES string of the molecule is COC(=O)c1ccccc1-n1[se]c2ccccc2c1=O. The summed E-state index contributed by atoms with van der Waals surface area (Å²) in [5.41, 5.74) is 0.968. The Kier molecular flexibility index (Phi) is 3.30. The zero-order chi connectivity index (χ0) is 14.1. The van der Waals surface area contributed by atoms with E-state index in [0.29, 0.717) is 16.6 Å². The fraction of sp³-hybridized carbons (Fsp3) is 0.0667. The Balaban J connectivity index is 2.29. The molecule has 0 N–H and O–H groups in total. The summed E-state index contributed by atoms with van der Waals surface area (Å²) in [5.74, 6) is -0.430. The molecule has 4 nitrogen and oxygen atoms in total. The van der Waals surface area contributed by atoms with Crippen LogP contribution in [-0.2, 0) is 4.74 Å². The molecule has 20 heavy (non-hydrogen) atoms. The molecule has 2 aromatic carbocycles. The number of benzene rings is 2. The molecule has 0 spiro atoms. The molecule has 0 aliphatic heterocycles.